The van der Waals surface area contributed by atoms with Gasteiger partial charge in [0.15, 0.2) is 0 Å². The topological polar surface area (TPSA) is 133 Å². The van der Waals surface area contributed by atoms with Crippen molar-refractivity contribution in [2.24, 2.45) is 0 Å². The quantitative estimate of drug-likeness (QED) is 0.500. The number of H-pyrrole nitrogens is 1. The number of tetrazole rings is 1. The Balaban J connectivity index is 2.38. The third-order valence-electron chi connectivity index (χ3n) is 2.31. The van der Waals surface area contributed by atoms with Crippen molar-refractivity contribution in [3.05, 3.63) is 45.1 Å². The number of anilines is 1. The highest BCUT2D eigenvalue weighted by Gasteiger charge is 2.17. The summed E-state index contributed by atoms with van der Waals surface area (Å²) in [5, 5.41) is 34.6. The highest BCUT2D eigenvalue weighted by Crippen LogP contribution is 2.30. The zero-order valence-electron chi connectivity index (χ0n) is 10.0. The van der Waals surface area contributed by atoms with Crippen LogP contribution >= 0.6 is 11.6 Å². The molecule has 0 fully saturated rings. The third kappa shape index (κ3) is 3.10. The zero-order chi connectivity index (χ0) is 15.4. The molecule has 21 heavy (non-hydrogen) atoms. The fraction of sp³-hybridized carbons (Fsp3) is 0. The first-order valence-electron chi connectivity index (χ1n) is 5.27. The molecule has 0 spiro atoms. The average Bonchev–Trinajstić information content (AvgIpc) is 2.96. The summed E-state index contributed by atoms with van der Waals surface area (Å²) in [6.45, 7) is 0. The monoisotopic (exact) mass is 309 g/mol. The van der Waals surface area contributed by atoms with Gasteiger partial charge in [-0.3, -0.25) is 10.1 Å². The van der Waals surface area contributed by atoms with Crippen LogP contribution in [0, 0.1) is 27.3 Å². The Morgan fingerprint density at radius 3 is 2.95 bits per heavy atom. The Labute approximate surface area is 121 Å². The van der Waals surface area contributed by atoms with E-state index in [9.17, 15) is 14.5 Å². The number of nitrogens with zero attached hydrogens (tertiary/aromatic N) is 5. The molecule has 0 unspecified atom stereocenters. The lowest BCUT2D eigenvalue weighted by atomic mass is 10.2. The minimum atomic E-state index is -0.920. The molecule has 0 aliphatic rings. The number of nitro benzene ring substituents is 1. The summed E-state index contributed by atoms with van der Waals surface area (Å²) in [5.74, 6) is -0.919. The molecule has 0 saturated heterocycles. The molecule has 0 aliphatic carbocycles. The van der Waals surface area contributed by atoms with Crippen LogP contribution in [0.3, 0.4) is 0 Å². The van der Waals surface area contributed by atoms with Gasteiger partial charge in [-0.25, -0.2) is 4.39 Å². The van der Waals surface area contributed by atoms with Crippen LogP contribution in [-0.2, 0) is 0 Å². The number of nitriles is 1. The first kappa shape index (κ1) is 14.4. The smallest absolute Gasteiger partial charge is 0.295 e. The van der Waals surface area contributed by atoms with E-state index in [0.717, 1.165) is 12.3 Å². The van der Waals surface area contributed by atoms with Gasteiger partial charge in [-0.2, -0.15) is 10.5 Å². The average molecular weight is 310 g/mol. The first-order valence-corrected chi connectivity index (χ1v) is 5.64. The summed E-state index contributed by atoms with van der Waals surface area (Å²) in [6, 6.07) is 3.50. The van der Waals surface area contributed by atoms with Crippen molar-refractivity contribution in [3.63, 3.8) is 0 Å². The van der Waals surface area contributed by atoms with Gasteiger partial charge >= 0.3 is 0 Å². The van der Waals surface area contributed by atoms with E-state index in [1.165, 1.54) is 0 Å². The second-order valence-electron chi connectivity index (χ2n) is 3.59. The minimum absolute atomic E-state index is 0.000798. The fourth-order valence-corrected chi connectivity index (χ4v) is 1.54. The van der Waals surface area contributed by atoms with E-state index in [1.54, 1.807) is 6.07 Å². The second-order valence-corrected chi connectivity index (χ2v) is 4.00. The number of halogens is 2. The van der Waals surface area contributed by atoms with Crippen LogP contribution in [0.1, 0.15) is 5.82 Å². The molecule has 0 aliphatic heterocycles. The molecule has 0 radical (unpaired) electrons. The van der Waals surface area contributed by atoms with Gasteiger partial charge in [0.1, 0.15) is 23.1 Å². The molecular weight excluding hydrogens is 305 g/mol. The van der Waals surface area contributed by atoms with Crippen LogP contribution in [0.4, 0.5) is 15.8 Å². The molecule has 11 heteroatoms. The van der Waals surface area contributed by atoms with Crippen LogP contribution in [0.5, 0.6) is 0 Å². The maximum atomic E-state index is 13.2. The van der Waals surface area contributed by atoms with Gasteiger partial charge in [-0.15, -0.1) is 10.2 Å². The summed E-state index contributed by atoms with van der Waals surface area (Å²) in [4.78, 5) is 10.1. The predicted octanol–water partition coefficient (Wildman–Crippen LogP) is 1.88. The van der Waals surface area contributed by atoms with E-state index in [4.69, 9.17) is 16.9 Å². The van der Waals surface area contributed by atoms with Gasteiger partial charge in [-0.1, -0.05) is 11.6 Å². The van der Waals surface area contributed by atoms with Crippen LogP contribution < -0.4 is 5.32 Å². The molecule has 2 aromatic rings. The van der Waals surface area contributed by atoms with E-state index in [2.05, 4.69) is 25.9 Å². The van der Waals surface area contributed by atoms with Crippen molar-refractivity contribution in [1.82, 2.24) is 20.6 Å². The number of rotatable bonds is 4. The van der Waals surface area contributed by atoms with Crippen LogP contribution in [-0.4, -0.2) is 25.5 Å². The van der Waals surface area contributed by atoms with Gasteiger partial charge in [0.2, 0.25) is 5.82 Å². The molecule has 1 aromatic carbocycles. The Bertz CT molecular complexity index is 754. The van der Waals surface area contributed by atoms with Crippen LogP contribution in [0.15, 0.2) is 18.3 Å². The molecule has 2 rings (SSSR count). The first-order chi connectivity index (χ1) is 10.0. The molecule has 9 nitrogen and oxygen atoms in total. The molecule has 1 aromatic heterocycles. The lowest BCUT2D eigenvalue weighted by molar-refractivity contribution is -0.384. The zero-order valence-corrected chi connectivity index (χ0v) is 10.8. The van der Waals surface area contributed by atoms with Crippen molar-refractivity contribution in [3.8, 4) is 6.07 Å². The maximum Gasteiger partial charge on any atom is 0.295 e. The van der Waals surface area contributed by atoms with Gasteiger partial charge < -0.3 is 5.32 Å². The van der Waals surface area contributed by atoms with E-state index >= 15 is 0 Å². The molecule has 0 bridgehead atoms. The number of aromatic amines is 1. The summed E-state index contributed by atoms with van der Waals surface area (Å²) in [7, 11) is 0. The number of nitrogens with one attached hydrogen (secondary N) is 2. The lowest BCUT2D eigenvalue weighted by Gasteiger charge is -2.04. The number of benzene rings is 1. The summed E-state index contributed by atoms with van der Waals surface area (Å²) < 4.78 is 13.2. The van der Waals surface area contributed by atoms with Gasteiger partial charge in [-0.05, 0) is 11.3 Å². The summed E-state index contributed by atoms with van der Waals surface area (Å²) in [5.41, 5.74) is -0.639. The van der Waals surface area contributed by atoms with Gasteiger partial charge in [0, 0.05) is 6.20 Å². The highest BCUT2D eigenvalue weighted by molar-refractivity contribution is 6.31. The van der Waals surface area contributed by atoms with Crippen molar-refractivity contribution >= 4 is 28.5 Å². The van der Waals surface area contributed by atoms with Crippen LogP contribution in [0.2, 0.25) is 5.02 Å². The van der Waals surface area contributed by atoms with E-state index in [0.29, 0.717) is 6.07 Å². The molecule has 0 atom stereocenters. The number of nitro groups is 1. The van der Waals surface area contributed by atoms with Gasteiger partial charge in [0.05, 0.1) is 16.0 Å². The van der Waals surface area contributed by atoms with Crippen molar-refractivity contribution < 1.29 is 9.31 Å². The molecular formula is C10H5ClFN7O2. The molecule has 1 heterocycles. The molecule has 0 amide bonds. The molecule has 106 valence electrons. The molecule has 2 N–H and O–H groups in total. The van der Waals surface area contributed by atoms with E-state index < -0.39 is 16.4 Å². The maximum absolute atomic E-state index is 13.2. The molecule has 0 saturated carbocycles. The Kier molecular flexibility index (Phi) is 4.05. The van der Waals surface area contributed by atoms with Crippen molar-refractivity contribution in [2.45, 2.75) is 0 Å². The minimum Gasteiger partial charge on any atom is -0.355 e. The summed E-state index contributed by atoms with van der Waals surface area (Å²) in [6.07, 6.45) is 1.13. The second kappa shape index (κ2) is 5.93. The highest BCUT2D eigenvalue weighted by atomic mass is 35.5. The Morgan fingerprint density at radius 1 is 1.62 bits per heavy atom. The summed E-state index contributed by atoms with van der Waals surface area (Å²) >= 11 is 5.58. The fourth-order valence-electron chi connectivity index (χ4n) is 1.38. The largest absolute Gasteiger partial charge is 0.355 e. The van der Waals surface area contributed by atoms with Crippen molar-refractivity contribution in [1.29, 1.82) is 5.26 Å². The SMILES string of the molecule is N#CC(=CNc1cc(Cl)c(F)cc1[N+](=O)[O-])c1nn[nH]n1. The Hall–Kier alpha value is -3.06. The third-order valence-corrected chi connectivity index (χ3v) is 2.60. The van der Waals surface area contributed by atoms with Gasteiger partial charge in [0.25, 0.3) is 5.69 Å². The van der Waals surface area contributed by atoms with E-state index in [1.807, 2.05) is 0 Å². The van der Waals surface area contributed by atoms with Crippen LogP contribution in [0.25, 0.3) is 5.57 Å². The number of hydrogen-bond donors (Lipinski definition) is 2. The predicted molar refractivity (Wildman–Crippen MR) is 69.5 cm³/mol. The lowest BCUT2D eigenvalue weighted by Crippen LogP contribution is -1.99. The van der Waals surface area contributed by atoms with E-state index in [-0.39, 0.29) is 22.1 Å². The number of allylic oxidation sites excluding steroid dienone is 1. The van der Waals surface area contributed by atoms with Crippen molar-refractivity contribution in [2.75, 3.05) is 5.32 Å². The normalized spacial score (nSPS) is 11.0. The number of hydrogen-bond acceptors (Lipinski definition) is 7. The Morgan fingerprint density at radius 2 is 2.38 bits per heavy atom. The number of aromatic nitrogens is 4. The standard InChI is InChI=1S/C10H5ClFN7O2/c11-6-1-8(9(19(20)21)2-7(6)12)14-4-5(3-13)10-15-17-18-16-10/h1-2,4,14H,(H,15,16,17,18).